The van der Waals surface area contributed by atoms with Gasteiger partial charge in [0, 0.05) is 38.8 Å². The number of morpholine rings is 1. The Hall–Kier alpha value is -1.72. The lowest BCUT2D eigenvalue weighted by atomic mass is 9.97. The highest BCUT2D eigenvalue weighted by Gasteiger charge is 2.24. The van der Waals surface area contributed by atoms with Gasteiger partial charge in [0.2, 0.25) is 5.91 Å². The van der Waals surface area contributed by atoms with E-state index in [-0.39, 0.29) is 11.7 Å². The molecule has 0 unspecified atom stereocenters. The lowest BCUT2D eigenvalue weighted by molar-refractivity contribution is -0.127. The van der Waals surface area contributed by atoms with E-state index < -0.39 is 0 Å². The summed E-state index contributed by atoms with van der Waals surface area (Å²) >= 11 is 0. The summed E-state index contributed by atoms with van der Waals surface area (Å²) in [6.07, 6.45) is 5.60. The summed E-state index contributed by atoms with van der Waals surface area (Å²) in [7, 11) is 0. The molecule has 2 heterocycles. The van der Waals surface area contributed by atoms with Crippen molar-refractivity contribution in [3.8, 4) is 0 Å². The van der Waals surface area contributed by atoms with Crippen LogP contribution in [0.1, 0.15) is 18.4 Å². The molecule has 1 aromatic carbocycles. The van der Waals surface area contributed by atoms with Crippen LogP contribution in [0, 0.1) is 11.7 Å². The van der Waals surface area contributed by atoms with E-state index >= 15 is 0 Å². The smallest absolute Gasteiger partial charge is 0.246 e. The number of hydrogen-bond donors (Lipinski definition) is 0. The average Bonchev–Trinajstić information content (AvgIpc) is 2.62. The van der Waals surface area contributed by atoms with Crippen molar-refractivity contribution >= 4 is 12.0 Å². The van der Waals surface area contributed by atoms with Crippen molar-refractivity contribution in [1.29, 1.82) is 0 Å². The maximum Gasteiger partial charge on any atom is 0.246 e. The van der Waals surface area contributed by atoms with Gasteiger partial charge in [-0.25, -0.2) is 4.39 Å². The molecule has 5 heteroatoms. The lowest BCUT2D eigenvalue weighted by Gasteiger charge is -2.36. The van der Waals surface area contributed by atoms with E-state index in [0.29, 0.717) is 5.92 Å². The van der Waals surface area contributed by atoms with Crippen molar-refractivity contribution in [3.05, 3.63) is 41.7 Å². The highest BCUT2D eigenvalue weighted by Crippen LogP contribution is 2.19. The van der Waals surface area contributed by atoms with E-state index in [0.717, 1.165) is 57.9 Å². The zero-order valence-corrected chi connectivity index (χ0v) is 14.0. The molecule has 2 fully saturated rings. The van der Waals surface area contributed by atoms with E-state index in [2.05, 4.69) is 4.90 Å². The van der Waals surface area contributed by atoms with Gasteiger partial charge in [-0.1, -0.05) is 12.1 Å². The van der Waals surface area contributed by atoms with Crippen LogP contribution in [0.2, 0.25) is 0 Å². The van der Waals surface area contributed by atoms with Crippen LogP contribution in [0.5, 0.6) is 0 Å². The van der Waals surface area contributed by atoms with Crippen molar-refractivity contribution in [1.82, 2.24) is 9.80 Å². The second-order valence-corrected chi connectivity index (χ2v) is 6.59. The molecular weight excluding hydrogens is 307 g/mol. The molecular formula is C19H25FN2O2. The molecule has 1 amide bonds. The maximum absolute atomic E-state index is 12.9. The first-order chi connectivity index (χ1) is 11.7. The highest BCUT2D eigenvalue weighted by atomic mass is 19.1. The molecule has 4 nitrogen and oxygen atoms in total. The molecule has 0 bridgehead atoms. The molecule has 0 aliphatic carbocycles. The van der Waals surface area contributed by atoms with E-state index in [1.165, 1.54) is 18.6 Å². The summed E-state index contributed by atoms with van der Waals surface area (Å²) in [5.74, 6) is 0.325. The summed E-state index contributed by atoms with van der Waals surface area (Å²) in [6, 6.07) is 6.17. The Morgan fingerprint density at radius 1 is 1.21 bits per heavy atom. The number of hydrogen-bond acceptors (Lipinski definition) is 3. The second-order valence-electron chi connectivity index (χ2n) is 6.59. The van der Waals surface area contributed by atoms with Crippen molar-refractivity contribution in [2.75, 3.05) is 45.9 Å². The maximum atomic E-state index is 12.9. The summed E-state index contributed by atoms with van der Waals surface area (Å²) in [5, 5.41) is 0. The van der Waals surface area contributed by atoms with E-state index in [1.807, 2.05) is 4.90 Å². The molecule has 0 N–H and O–H groups in total. The number of amides is 1. The fourth-order valence-electron chi connectivity index (χ4n) is 3.41. The van der Waals surface area contributed by atoms with Crippen molar-refractivity contribution in [2.24, 2.45) is 5.92 Å². The van der Waals surface area contributed by atoms with Gasteiger partial charge in [-0.15, -0.1) is 0 Å². The van der Waals surface area contributed by atoms with Gasteiger partial charge in [-0.3, -0.25) is 9.69 Å². The molecule has 2 aliphatic rings. The summed E-state index contributed by atoms with van der Waals surface area (Å²) in [5.41, 5.74) is 0.839. The summed E-state index contributed by atoms with van der Waals surface area (Å²) in [6.45, 7) is 6.32. The van der Waals surface area contributed by atoms with Gasteiger partial charge in [0.05, 0.1) is 13.2 Å². The fourth-order valence-corrected chi connectivity index (χ4v) is 3.41. The fraction of sp³-hybridized carbons (Fsp3) is 0.526. The Morgan fingerprint density at radius 3 is 2.71 bits per heavy atom. The van der Waals surface area contributed by atoms with Crippen LogP contribution < -0.4 is 0 Å². The van der Waals surface area contributed by atoms with Crippen molar-refractivity contribution < 1.29 is 13.9 Å². The zero-order chi connectivity index (χ0) is 16.8. The Labute approximate surface area is 142 Å². The Balaban J connectivity index is 1.51. The number of halogens is 1. The third-order valence-electron chi connectivity index (χ3n) is 4.74. The predicted octanol–water partition coefficient (Wildman–Crippen LogP) is 2.41. The summed E-state index contributed by atoms with van der Waals surface area (Å²) < 4.78 is 18.3. The predicted molar refractivity (Wildman–Crippen MR) is 92.0 cm³/mol. The first-order valence-electron chi connectivity index (χ1n) is 8.73. The number of piperidine rings is 1. The summed E-state index contributed by atoms with van der Waals surface area (Å²) in [4.78, 5) is 16.8. The van der Waals surface area contributed by atoms with Crippen LogP contribution in [0.4, 0.5) is 4.39 Å². The Kier molecular flexibility index (Phi) is 5.99. The van der Waals surface area contributed by atoms with Crippen molar-refractivity contribution in [3.63, 3.8) is 0 Å². The third-order valence-corrected chi connectivity index (χ3v) is 4.74. The van der Waals surface area contributed by atoms with Gasteiger partial charge in [-0.2, -0.15) is 0 Å². The molecule has 2 saturated heterocycles. The first kappa shape index (κ1) is 17.1. The minimum Gasteiger partial charge on any atom is -0.379 e. The first-order valence-corrected chi connectivity index (χ1v) is 8.73. The number of carbonyl (C=O) groups is 1. The minimum absolute atomic E-state index is 0.0472. The molecule has 1 aromatic rings. The van der Waals surface area contributed by atoms with Crippen LogP contribution in [-0.2, 0) is 9.53 Å². The number of ether oxygens (including phenoxy) is 1. The lowest BCUT2D eigenvalue weighted by Crippen LogP contribution is -2.45. The number of rotatable bonds is 4. The molecule has 0 spiro atoms. The number of benzene rings is 1. The Morgan fingerprint density at radius 2 is 1.96 bits per heavy atom. The molecule has 3 rings (SSSR count). The second kappa shape index (κ2) is 8.40. The quantitative estimate of drug-likeness (QED) is 0.794. The van der Waals surface area contributed by atoms with Gasteiger partial charge >= 0.3 is 0 Å². The van der Waals surface area contributed by atoms with E-state index in [4.69, 9.17) is 4.74 Å². The van der Waals surface area contributed by atoms with Gasteiger partial charge in [0.25, 0.3) is 0 Å². The van der Waals surface area contributed by atoms with Crippen LogP contribution in [-0.4, -0.2) is 61.6 Å². The molecule has 2 aliphatic heterocycles. The molecule has 0 radical (unpaired) electrons. The molecule has 24 heavy (non-hydrogen) atoms. The molecule has 0 saturated carbocycles. The van der Waals surface area contributed by atoms with Gasteiger partial charge in [0.15, 0.2) is 0 Å². The zero-order valence-electron chi connectivity index (χ0n) is 14.0. The molecule has 0 aromatic heterocycles. The number of likely N-dealkylation sites (tertiary alicyclic amines) is 1. The van der Waals surface area contributed by atoms with Crippen LogP contribution >= 0.6 is 0 Å². The van der Waals surface area contributed by atoms with Crippen LogP contribution in [0.25, 0.3) is 6.08 Å². The van der Waals surface area contributed by atoms with E-state index in [9.17, 15) is 9.18 Å². The Bertz CT molecular complexity index is 567. The van der Waals surface area contributed by atoms with Gasteiger partial charge in [0.1, 0.15) is 5.82 Å². The highest BCUT2D eigenvalue weighted by molar-refractivity contribution is 5.91. The molecule has 1 atom stereocenters. The molecule has 130 valence electrons. The standard InChI is InChI=1S/C19H25FN2O2/c20-18-6-3-16(4-7-18)5-8-19(23)22-9-1-2-17(15-22)14-21-10-12-24-13-11-21/h3-8,17H,1-2,9-15H2/b8-5-/t17-/m0/s1. The largest absolute Gasteiger partial charge is 0.379 e. The number of nitrogens with zero attached hydrogens (tertiary/aromatic N) is 2. The average molecular weight is 332 g/mol. The minimum atomic E-state index is -0.263. The normalized spacial score (nSPS) is 22.9. The third kappa shape index (κ3) is 4.89. The monoisotopic (exact) mass is 332 g/mol. The number of carbonyl (C=O) groups excluding carboxylic acids is 1. The van der Waals surface area contributed by atoms with Gasteiger partial charge in [-0.05, 0) is 42.5 Å². The SMILES string of the molecule is O=C(/C=C\c1ccc(F)cc1)N1CCC[C@@H](CN2CCOCC2)C1. The topological polar surface area (TPSA) is 32.8 Å². The van der Waals surface area contributed by atoms with Crippen LogP contribution in [0.15, 0.2) is 30.3 Å². The van der Waals surface area contributed by atoms with Gasteiger partial charge < -0.3 is 9.64 Å². The van der Waals surface area contributed by atoms with E-state index in [1.54, 1.807) is 24.3 Å². The van der Waals surface area contributed by atoms with Crippen molar-refractivity contribution in [2.45, 2.75) is 12.8 Å². The van der Waals surface area contributed by atoms with Crippen LogP contribution in [0.3, 0.4) is 0 Å².